The molecule has 1 rings (SSSR count). The fourth-order valence-corrected chi connectivity index (χ4v) is 2.33. The Labute approximate surface area is 115 Å². The third-order valence-electron chi connectivity index (χ3n) is 3.32. The Kier molecular flexibility index (Phi) is 8.21. The molecule has 0 aromatic rings. The molecule has 0 atom stereocenters. The van der Waals surface area contributed by atoms with Crippen molar-refractivity contribution in [3.63, 3.8) is 0 Å². The van der Waals surface area contributed by atoms with E-state index >= 15 is 0 Å². The standard InChI is InChI=1S/C14H26N2O3/c1-2-19-14(18)9-10-15-11-13(17)16-12-7-5-3-4-6-8-12/h12,15H,2-11H2,1H3,(H,16,17). The van der Waals surface area contributed by atoms with Crippen LogP contribution in [0.15, 0.2) is 0 Å². The maximum absolute atomic E-state index is 11.7. The van der Waals surface area contributed by atoms with E-state index in [0.29, 0.717) is 25.6 Å². The lowest BCUT2D eigenvalue weighted by Crippen LogP contribution is -2.40. The Morgan fingerprint density at radius 2 is 1.84 bits per heavy atom. The summed E-state index contributed by atoms with van der Waals surface area (Å²) in [5, 5.41) is 6.02. The molecule has 0 saturated heterocycles. The smallest absolute Gasteiger partial charge is 0.307 e. The predicted molar refractivity (Wildman–Crippen MR) is 73.8 cm³/mol. The number of amides is 1. The second kappa shape index (κ2) is 9.78. The Bertz CT molecular complexity index is 274. The highest BCUT2D eigenvalue weighted by molar-refractivity contribution is 5.78. The van der Waals surface area contributed by atoms with E-state index in [1.54, 1.807) is 6.92 Å². The summed E-state index contributed by atoms with van der Waals surface area (Å²) in [5.41, 5.74) is 0. The first kappa shape index (κ1) is 16.0. The van der Waals surface area contributed by atoms with Crippen LogP contribution in [-0.4, -0.2) is 37.6 Å². The molecular formula is C14H26N2O3. The number of ether oxygens (including phenoxy) is 1. The normalized spacial score (nSPS) is 16.7. The second-order valence-corrected chi connectivity index (χ2v) is 4.99. The molecule has 1 aliphatic rings. The van der Waals surface area contributed by atoms with Gasteiger partial charge in [-0.2, -0.15) is 0 Å². The van der Waals surface area contributed by atoms with Gasteiger partial charge in [-0.25, -0.2) is 0 Å². The van der Waals surface area contributed by atoms with Gasteiger partial charge in [-0.1, -0.05) is 25.7 Å². The van der Waals surface area contributed by atoms with Gasteiger partial charge in [0.2, 0.25) is 5.91 Å². The molecule has 2 N–H and O–H groups in total. The van der Waals surface area contributed by atoms with Crippen molar-refractivity contribution in [2.45, 2.75) is 57.9 Å². The van der Waals surface area contributed by atoms with E-state index in [-0.39, 0.29) is 18.4 Å². The van der Waals surface area contributed by atoms with Gasteiger partial charge in [-0.3, -0.25) is 9.59 Å². The first-order valence-corrected chi connectivity index (χ1v) is 7.38. The minimum atomic E-state index is -0.223. The minimum Gasteiger partial charge on any atom is -0.466 e. The highest BCUT2D eigenvalue weighted by Gasteiger charge is 2.14. The zero-order chi connectivity index (χ0) is 13.9. The topological polar surface area (TPSA) is 67.4 Å². The van der Waals surface area contributed by atoms with Crippen molar-refractivity contribution in [2.75, 3.05) is 19.7 Å². The molecule has 0 radical (unpaired) electrons. The Morgan fingerprint density at radius 3 is 2.47 bits per heavy atom. The molecule has 0 aromatic carbocycles. The maximum atomic E-state index is 11.7. The average molecular weight is 270 g/mol. The molecule has 0 aliphatic heterocycles. The zero-order valence-corrected chi connectivity index (χ0v) is 11.9. The first-order chi connectivity index (χ1) is 9.22. The average Bonchev–Trinajstić information content (AvgIpc) is 2.64. The monoisotopic (exact) mass is 270 g/mol. The van der Waals surface area contributed by atoms with Crippen LogP contribution in [-0.2, 0) is 14.3 Å². The van der Waals surface area contributed by atoms with Gasteiger partial charge in [0.05, 0.1) is 19.6 Å². The minimum absolute atomic E-state index is 0.0239. The maximum Gasteiger partial charge on any atom is 0.307 e. The number of esters is 1. The molecule has 1 fully saturated rings. The predicted octanol–water partition coefficient (Wildman–Crippen LogP) is 1.37. The molecule has 5 nitrogen and oxygen atoms in total. The van der Waals surface area contributed by atoms with Crippen molar-refractivity contribution in [2.24, 2.45) is 0 Å². The van der Waals surface area contributed by atoms with E-state index in [9.17, 15) is 9.59 Å². The van der Waals surface area contributed by atoms with E-state index < -0.39 is 0 Å². The third-order valence-corrected chi connectivity index (χ3v) is 3.32. The summed E-state index contributed by atoms with van der Waals surface area (Å²) in [6.45, 7) is 2.94. The molecule has 0 aromatic heterocycles. The van der Waals surface area contributed by atoms with Gasteiger partial charge >= 0.3 is 5.97 Å². The van der Waals surface area contributed by atoms with E-state index in [1.165, 1.54) is 25.7 Å². The molecule has 0 heterocycles. The van der Waals surface area contributed by atoms with Crippen molar-refractivity contribution in [3.05, 3.63) is 0 Å². The van der Waals surface area contributed by atoms with Crippen LogP contribution in [0.5, 0.6) is 0 Å². The van der Waals surface area contributed by atoms with Crippen molar-refractivity contribution < 1.29 is 14.3 Å². The van der Waals surface area contributed by atoms with Crippen LogP contribution in [0, 0.1) is 0 Å². The van der Waals surface area contributed by atoms with Crippen molar-refractivity contribution in [1.82, 2.24) is 10.6 Å². The highest BCUT2D eigenvalue weighted by atomic mass is 16.5. The Morgan fingerprint density at radius 1 is 1.16 bits per heavy atom. The largest absolute Gasteiger partial charge is 0.466 e. The zero-order valence-electron chi connectivity index (χ0n) is 11.9. The lowest BCUT2D eigenvalue weighted by Gasteiger charge is -2.16. The number of hydrogen-bond donors (Lipinski definition) is 2. The summed E-state index contributed by atoms with van der Waals surface area (Å²) >= 11 is 0. The van der Waals surface area contributed by atoms with Gasteiger partial charge in [-0.15, -0.1) is 0 Å². The molecule has 1 saturated carbocycles. The van der Waals surface area contributed by atoms with Gasteiger partial charge in [0, 0.05) is 12.6 Å². The first-order valence-electron chi connectivity index (χ1n) is 7.38. The Hall–Kier alpha value is -1.10. The number of carbonyl (C=O) groups is 2. The van der Waals surface area contributed by atoms with E-state index in [2.05, 4.69) is 10.6 Å². The van der Waals surface area contributed by atoms with Gasteiger partial charge < -0.3 is 15.4 Å². The van der Waals surface area contributed by atoms with Crippen LogP contribution in [0.1, 0.15) is 51.9 Å². The number of rotatable bonds is 7. The van der Waals surface area contributed by atoms with Crippen molar-refractivity contribution in [1.29, 1.82) is 0 Å². The molecule has 0 spiro atoms. The molecule has 1 aliphatic carbocycles. The van der Waals surface area contributed by atoms with Gasteiger partial charge in [-0.05, 0) is 19.8 Å². The molecule has 19 heavy (non-hydrogen) atoms. The summed E-state index contributed by atoms with van der Waals surface area (Å²) in [4.78, 5) is 22.8. The van der Waals surface area contributed by atoms with E-state index in [1.807, 2.05) is 0 Å². The van der Waals surface area contributed by atoms with Crippen LogP contribution >= 0.6 is 0 Å². The summed E-state index contributed by atoms with van der Waals surface area (Å²) in [6.07, 6.45) is 7.48. The lowest BCUT2D eigenvalue weighted by molar-refractivity contribution is -0.143. The molecule has 1 amide bonds. The van der Waals surface area contributed by atoms with E-state index in [4.69, 9.17) is 4.74 Å². The molecule has 0 bridgehead atoms. The summed E-state index contributed by atoms with van der Waals surface area (Å²) in [5.74, 6) is -0.199. The third kappa shape index (κ3) is 7.82. The molecule has 110 valence electrons. The van der Waals surface area contributed by atoms with Crippen LogP contribution in [0.25, 0.3) is 0 Å². The van der Waals surface area contributed by atoms with Crippen LogP contribution in [0.2, 0.25) is 0 Å². The Balaban J connectivity index is 2.05. The van der Waals surface area contributed by atoms with E-state index in [0.717, 1.165) is 12.8 Å². The van der Waals surface area contributed by atoms with Crippen LogP contribution < -0.4 is 10.6 Å². The summed E-state index contributed by atoms with van der Waals surface area (Å²) in [6, 6.07) is 0.335. The van der Waals surface area contributed by atoms with Gasteiger partial charge in [0.15, 0.2) is 0 Å². The fourth-order valence-electron chi connectivity index (χ4n) is 2.33. The quantitative estimate of drug-likeness (QED) is 0.416. The number of nitrogens with one attached hydrogen (secondary N) is 2. The summed E-state index contributed by atoms with van der Waals surface area (Å²) < 4.78 is 4.80. The highest BCUT2D eigenvalue weighted by Crippen LogP contribution is 2.16. The number of hydrogen-bond acceptors (Lipinski definition) is 4. The molecular weight excluding hydrogens is 244 g/mol. The molecule has 0 unspecified atom stereocenters. The number of carbonyl (C=O) groups excluding carboxylic acids is 2. The SMILES string of the molecule is CCOC(=O)CCNCC(=O)NC1CCCCCC1. The van der Waals surface area contributed by atoms with Gasteiger partial charge in [0.1, 0.15) is 0 Å². The fraction of sp³-hybridized carbons (Fsp3) is 0.857. The summed E-state index contributed by atoms with van der Waals surface area (Å²) in [7, 11) is 0. The second-order valence-electron chi connectivity index (χ2n) is 4.99. The van der Waals surface area contributed by atoms with Crippen LogP contribution in [0.3, 0.4) is 0 Å². The van der Waals surface area contributed by atoms with Crippen molar-refractivity contribution >= 4 is 11.9 Å². The van der Waals surface area contributed by atoms with Crippen LogP contribution in [0.4, 0.5) is 0 Å². The molecule has 5 heteroatoms. The van der Waals surface area contributed by atoms with Crippen molar-refractivity contribution in [3.8, 4) is 0 Å². The lowest BCUT2D eigenvalue weighted by atomic mass is 10.1. The van der Waals surface area contributed by atoms with Gasteiger partial charge in [0.25, 0.3) is 0 Å².